The normalized spacial score (nSPS) is 33.6. The van der Waals surface area contributed by atoms with E-state index in [0.717, 1.165) is 31.0 Å². The van der Waals surface area contributed by atoms with Gasteiger partial charge in [0, 0.05) is 18.1 Å². The molecule has 0 spiro atoms. The summed E-state index contributed by atoms with van der Waals surface area (Å²) in [6, 6.07) is 0. The molecule has 4 nitrogen and oxygen atoms in total. The topological polar surface area (TPSA) is 40.6 Å². The molecule has 0 saturated carbocycles. The summed E-state index contributed by atoms with van der Waals surface area (Å²) in [5.41, 5.74) is 0. The summed E-state index contributed by atoms with van der Waals surface area (Å²) >= 11 is 6.00. The highest BCUT2D eigenvalue weighted by atomic mass is 35.5. The molecule has 2 atom stereocenters. The number of allylic oxidation sites excluding steroid dienone is 2. The highest BCUT2D eigenvalue weighted by molar-refractivity contribution is 6.30. The Morgan fingerprint density at radius 3 is 2.44 bits per heavy atom. The zero-order valence-electron chi connectivity index (χ0n) is 10.3. The van der Waals surface area contributed by atoms with Gasteiger partial charge in [0.25, 0.3) is 0 Å². The number of imide groups is 1. The molecule has 3 rings (SSSR count). The van der Waals surface area contributed by atoms with Gasteiger partial charge in [0.2, 0.25) is 11.8 Å². The standard InChI is InChI=1S/C13H17ClN2O2/c14-9-4-5-10-11(8-9)13(18)16(12(10)17)15-6-2-1-3-7-15/h4,10-11H,1-3,5-8H2. The third-order valence-electron chi connectivity index (χ3n) is 4.16. The molecule has 98 valence electrons. The molecule has 0 aromatic rings. The Balaban J connectivity index is 1.81. The lowest BCUT2D eigenvalue weighted by Gasteiger charge is -2.33. The van der Waals surface area contributed by atoms with Gasteiger partial charge >= 0.3 is 0 Å². The van der Waals surface area contributed by atoms with Gasteiger partial charge in [-0.1, -0.05) is 24.1 Å². The van der Waals surface area contributed by atoms with Crippen LogP contribution < -0.4 is 0 Å². The fraction of sp³-hybridized carbons (Fsp3) is 0.692. The first kappa shape index (κ1) is 12.2. The molecule has 3 aliphatic rings. The van der Waals surface area contributed by atoms with Crippen molar-refractivity contribution in [1.29, 1.82) is 0 Å². The van der Waals surface area contributed by atoms with Crippen LogP contribution in [-0.4, -0.2) is 34.9 Å². The summed E-state index contributed by atoms with van der Waals surface area (Å²) in [4.78, 5) is 24.7. The molecule has 2 amide bonds. The van der Waals surface area contributed by atoms with Crippen LogP contribution in [0.4, 0.5) is 0 Å². The van der Waals surface area contributed by atoms with E-state index >= 15 is 0 Å². The molecule has 2 aliphatic heterocycles. The summed E-state index contributed by atoms with van der Waals surface area (Å²) in [7, 11) is 0. The predicted molar refractivity (Wildman–Crippen MR) is 67.4 cm³/mol. The highest BCUT2D eigenvalue weighted by Gasteiger charge is 2.50. The van der Waals surface area contributed by atoms with Crippen molar-refractivity contribution in [3.8, 4) is 0 Å². The van der Waals surface area contributed by atoms with Gasteiger partial charge in [-0.3, -0.25) is 9.59 Å². The molecule has 2 heterocycles. The average Bonchev–Trinajstić information content (AvgIpc) is 2.63. The Bertz CT molecular complexity index is 415. The number of carbonyl (C=O) groups is 2. The minimum absolute atomic E-state index is 0.0210. The van der Waals surface area contributed by atoms with E-state index in [1.807, 2.05) is 11.1 Å². The maximum Gasteiger partial charge on any atom is 0.248 e. The van der Waals surface area contributed by atoms with Gasteiger partial charge in [0.1, 0.15) is 0 Å². The zero-order chi connectivity index (χ0) is 12.7. The van der Waals surface area contributed by atoms with Crippen molar-refractivity contribution >= 4 is 23.4 Å². The molecule has 0 N–H and O–H groups in total. The van der Waals surface area contributed by atoms with Crippen LogP contribution in [0.5, 0.6) is 0 Å². The highest BCUT2D eigenvalue weighted by Crippen LogP contribution is 2.39. The van der Waals surface area contributed by atoms with Crippen molar-refractivity contribution in [2.24, 2.45) is 11.8 Å². The molecule has 18 heavy (non-hydrogen) atoms. The van der Waals surface area contributed by atoms with E-state index in [0.29, 0.717) is 12.8 Å². The van der Waals surface area contributed by atoms with Crippen LogP contribution in [0.2, 0.25) is 0 Å². The minimum atomic E-state index is -0.225. The molecule has 0 radical (unpaired) electrons. The SMILES string of the molecule is O=C1C2CC=C(Cl)CC2C(=O)N1N1CCCCC1. The summed E-state index contributed by atoms with van der Waals surface area (Å²) in [5.74, 6) is -0.468. The van der Waals surface area contributed by atoms with Gasteiger partial charge < -0.3 is 0 Å². The third-order valence-corrected chi connectivity index (χ3v) is 4.47. The van der Waals surface area contributed by atoms with E-state index in [4.69, 9.17) is 11.6 Å². The number of fused-ring (bicyclic) bond motifs is 1. The van der Waals surface area contributed by atoms with Crippen molar-refractivity contribution in [2.45, 2.75) is 32.1 Å². The van der Waals surface area contributed by atoms with Crippen molar-refractivity contribution < 1.29 is 9.59 Å². The number of hydrogen-bond donors (Lipinski definition) is 0. The number of rotatable bonds is 1. The fourth-order valence-corrected chi connectivity index (χ4v) is 3.42. The third kappa shape index (κ3) is 1.88. The van der Waals surface area contributed by atoms with Gasteiger partial charge in [-0.25, -0.2) is 10.0 Å². The molecule has 2 fully saturated rings. The lowest BCUT2D eigenvalue weighted by atomic mass is 9.85. The van der Waals surface area contributed by atoms with E-state index in [2.05, 4.69) is 0 Å². The first-order chi connectivity index (χ1) is 8.68. The molecule has 1 aliphatic carbocycles. The van der Waals surface area contributed by atoms with Crippen LogP contribution in [0.15, 0.2) is 11.1 Å². The first-order valence-electron chi connectivity index (χ1n) is 6.65. The maximum absolute atomic E-state index is 12.4. The van der Waals surface area contributed by atoms with Crippen molar-refractivity contribution in [3.63, 3.8) is 0 Å². The van der Waals surface area contributed by atoms with E-state index < -0.39 is 0 Å². The van der Waals surface area contributed by atoms with Crippen LogP contribution in [0.3, 0.4) is 0 Å². The number of carbonyl (C=O) groups excluding carboxylic acids is 2. The summed E-state index contributed by atoms with van der Waals surface area (Å²) in [6.45, 7) is 1.64. The van der Waals surface area contributed by atoms with Crippen LogP contribution >= 0.6 is 11.6 Å². The van der Waals surface area contributed by atoms with Crippen LogP contribution in [0, 0.1) is 11.8 Å². The molecule has 0 bridgehead atoms. The van der Waals surface area contributed by atoms with Gasteiger partial charge in [-0.15, -0.1) is 0 Å². The molecule has 0 aromatic heterocycles. The smallest absolute Gasteiger partial charge is 0.248 e. The summed E-state index contributed by atoms with van der Waals surface area (Å²) < 4.78 is 0. The average molecular weight is 269 g/mol. The number of halogens is 1. The number of amides is 2. The van der Waals surface area contributed by atoms with Crippen LogP contribution in [0.25, 0.3) is 0 Å². The first-order valence-corrected chi connectivity index (χ1v) is 7.03. The van der Waals surface area contributed by atoms with Crippen molar-refractivity contribution in [3.05, 3.63) is 11.1 Å². The molecular weight excluding hydrogens is 252 g/mol. The molecular formula is C13H17ClN2O2. The zero-order valence-corrected chi connectivity index (χ0v) is 11.0. The number of piperidine rings is 1. The second-order valence-corrected chi connectivity index (χ2v) is 5.79. The van der Waals surface area contributed by atoms with Crippen molar-refractivity contribution in [1.82, 2.24) is 10.0 Å². The Morgan fingerprint density at radius 2 is 1.72 bits per heavy atom. The predicted octanol–water partition coefficient (Wildman–Crippen LogP) is 1.91. The van der Waals surface area contributed by atoms with Crippen molar-refractivity contribution in [2.75, 3.05) is 13.1 Å². The van der Waals surface area contributed by atoms with E-state index in [9.17, 15) is 9.59 Å². The van der Waals surface area contributed by atoms with Gasteiger partial charge in [-0.05, 0) is 25.7 Å². The van der Waals surface area contributed by atoms with E-state index in [1.165, 1.54) is 11.4 Å². The lowest BCUT2D eigenvalue weighted by molar-refractivity contribution is -0.160. The Morgan fingerprint density at radius 1 is 1.06 bits per heavy atom. The van der Waals surface area contributed by atoms with E-state index in [-0.39, 0.29) is 23.7 Å². The fourth-order valence-electron chi connectivity index (χ4n) is 3.17. The second kappa shape index (κ2) is 4.67. The lowest BCUT2D eigenvalue weighted by Crippen LogP contribution is -2.49. The van der Waals surface area contributed by atoms with Gasteiger partial charge in [-0.2, -0.15) is 0 Å². The molecule has 2 unspecified atom stereocenters. The second-order valence-electron chi connectivity index (χ2n) is 5.31. The molecule has 2 saturated heterocycles. The quantitative estimate of drug-likeness (QED) is 0.682. The van der Waals surface area contributed by atoms with Crippen LogP contribution in [-0.2, 0) is 9.59 Å². The summed E-state index contributed by atoms with van der Waals surface area (Å²) in [5, 5.41) is 4.07. The monoisotopic (exact) mass is 268 g/mol. The minimum Gasteiger partial charge on any atom is -0.273 e. The van der Waals surface area contributed by atoms with Gasteiger partial charge in [0.05, 0.1) is 11.8 Å². The molecule has 0 aromatic carbocycles. The largest absolute Gasteiger partial charge is 0.273 e. The number of nitrogens with zero attached hydrogens (tertiary/aromatic N) is 2. The molecule has 5 heteroatoms. The Kier molecular flexibility index (Phi) is 3.16. The van der Waals surface area contributed by atoms with Gasteiger partial charge in [0.15, 0.2) is 0 Å². The Labute approximate surface area is 112 Å². The van der Waals surface area contributed by atoms with E-state index in [1.54, 1.807) is 0 Å². The maximum atomic E-state index is 12.4. The summed E-state index contributed by atoms with van der Waals surface area (Å²) in [6.07, 6.45) is 6.33. The Hall–Kier alpha value is -0.870. The number of hydrazine groups is 1. The van der Waals surface area contributed by atoms with Crippen LogP contribution in [0.1, 0.15) is 32.1 Å². The number of hydrogen-bond acceptors (Lipinski definition) is 3.